The molecule has 1 saturated heterocycles. The molecule has 3 nitrogen and oxygen atoms in total. The normalized spacial score (nSPS) is 27.5. The molecular weight excluding hydrogens is 176 g/mol. The van der Waals surface area contributed by atoms with E-state index in [1.165, 1.54) is 19.3 Å². The molecule has 0 aromatic rings. The van der Waals surface area contributed by atoms with Crippen LogP contribution in [0.25, 0.3) is 0 Å². The van der Waals surface area contributed by atoms with Gasteiger partial charge in [-0.05, 0) is 37.5 Å². The van der Waals surface area contributed by atoms with Gasteiger partial charge in [-0.15, -0.1) is 0 Å². The fourth-order valence-electron chi connectivity index (χ4n) is 2.04. The van der Waals surface area contributed by atoms with Crippen LogP contribution < -0.4 is 5.32 Å². The van der Waals surface area contributed by atoms with Gasteiger partial charge in [0.1, 0.15) is 0 Å². The summed E-state index contributed by atoms with van der Waals surface area (Å²) in [5.41, 5.74) is 0. The van der Waals surface area contributed by atoms with Crippen LogP contribution >= 0.6 is 0 Å². The van der Waals surface area contributed by atoms with E-state index in [9.17, 15) is 4.79 Å². The average molecular weight is 196 g/mol. The molecule has 0 bridgehead atoms. The van der Waals surface area contributed by atoms with Gasteiger partial charge in [-0.3, -0.25) is 0 Å². The molecule has 2 rings (SSSR count). The third kappa shape index (κ3) is 2.63. The summed E-state index contributed by atoms with van der Waals surface area (Å²) in [5, 5.41) is 3.02. The van der Waals surface area contributed by atoms with Crippen molar-refractivity contribution in [3.8, 4) is 0 Å². The molecule has 14 heavy (non-hydrogen) atoms. The molecule has 2 aliphatic rings. The first-order chi connectivity index (χ1) is 6.75. The predicted octanol–water partition coefficient (Wildman–Crippen LogP) is 1.84. The predicted molar refractivity (Wildman–Crippen MR) is 56.1 cm³/mol. The van der Waals surface area contributed by atoms with Crippen molar-refractivity contribution < 1.29 is 4.79 Å². The fraction of sp³-hybridized carbons (Fsp3) is 0.909. The van der Waals surface area contributed by atoms with Gasteiger partial charge in [0.15, 0.2) is 0 Å². The third-order valence-corrected chi connectivity index (χ3v) is 3.18. The van der Waals surface area contributed by atoms with Crippen molar-refractivity contribution in [2.75, 3.05) is 19.6 Å². The molecule has 2 amide bonds. The van der Waals surface area contributed by atoms with Crippen molar-refractivity contribution in [3.63, 3.8) is 0 Å². The minimum atomic E-state index is 0.156. The minimum Gasteiger partial charge on any atom is -0.338 e. The molecule has 80 valence electrons. The monoisotopic (exact) mass is 196 g/mol. The topological polar surface area (TPSA) is 32.3 Å². The highest BCUT2D eigenvalue weighted by molar-refractivity contribution is 5.74. The van der Waals surface area contributed by atoms with Gasteiger partial charge >= 0.3 is 6.03 Å². The number of amides is 2. The number of hydrogen-bond acceptors (Lipinski definition) is 1. The van der Waals surface area contributed by atoms with Crippen molar-refractivity contribution in [2.24, 2.45) is 11.8 Å². The molecule has 1 unspecified atom stereocenters. The molecule has 2 fully saturated rings. The summed E-state index contributed by atoms with van der Waals surface area (Å²) in [4.78, 5) is 13.7. The number of carbonyl (C=O) groups is 1. The van der Waals surface area contributed by atoms with E-state index in [2.05, 4.69) is 12.2 Å². The van der Waals surface area contributed by atoms with Gasteiger partial charge in [0.05, 0.1) is 0 Å². The Bertz CT molecular complexity index is 213. The molecule has 1 saturated carbocycles. The van der Waals surface area contributed by atoms with Crippen LogP contribution in [0, 0.1) is 11.8 Å². The minimum absolute atomic E-state index is 0.156. The van der Waals surface area contributed by atoms with Crippen LogP contribution in [0.5, 0.6) is 0 Å². The largest absolute Gasteiger partial charge is 0.338 e. The zero-order valence-electron chi connectivity index (χ0n) is 8.96. The zero-order chi connectivity index (χ0) is 9.97. The maximum atomic E-state index is 11.7. The van der Waals surface area contributed by atoms with E-state index in [4.69, 9.17) is 0 Å². The Morgan fingerprint density at radius 3 is 2.86 bits per heavy atom. The third-order valence-electron chi connectivity index (χ3n) is 3.18. The number of rotatable bonds is 2. The summed E-state index contributed by atoms with van der Waals surface area (Å²) in [7, 11) is 0. The van der Waals surface area contributed by atoms with E-state index in [-0.39, 0.29) is 6.03 Å². The SMILES string of the molecule is CC1CCCN(C(=O)NCC2CC2)C1. The van der Waals surface area contributed by atoms with Crippen molar-refractivity contribution >= 4 is 6.03 Å². The first-order valence-electron chi connectivity index (χ1n) is 5.78. The van der Waals surface area contributed by atoms with E-state index < -0.39 is 0 Å². The molecule has 0 aromatic carbocycles. The second-order valence-electron chi connectivity index (χ2n) is 4.82. The maximum absolute atomic E-state index is 11.7. The van der Waals surface area contributed by atoms with Gasteiger partial charge in [0.2, 0.25) is 0 Å². The van der Waals surface area contributed by atoms with Crippen molar-refractivity contribution in [1.29, 1.82) is 0 Å². The Labute approximate surface area is 85.8 Å². The van der Waals surface area contributed by atoms with Gasteiger partial charge < -0.3 is 10.2 Å². The second-order valence-corrected chi connectivity index (χ2v) is 4.82. The molecule has 0 spiro atoms. The lowest BCUT2D eigenvalue weighted by Gasteiger charge is -2.30. The number of piperidine rings is 1. The van der Waals surface area contributed by atoms with E-state index in [1.54, 1.807) is 0 Å². The Balaban J connectivity index is 1.71. The standard InChI is InChI=1S/C11H20N2O/c1-9-3-2-6-13(8-9)11(14)12-7-10-4-5-10/h9-10H,2-8H2,1H3,(H,12,14). The average Bonchev–Trinajstić information content (AvgIpc) is 2.97. The molecule has 1 atom stereocenters. The van der Waals surface area contributed by atoms with E-state index in [0.717, 1.165) is 32.0 Å². The van der Waals surface area contributed by atoms with Gasteiger partial charge in [-0.2, -0.15) is 0 Å². The quantitative estimate of drug-likeness (QED) is 0.718. The van der Waals surface area contributed by atoms with E-state index in [0.29, 0.717) is 5.92 Å². The van der Waals surface area contributed by atoms with E-state index >= 15 is 0 Å². The van der Waals surface area contributed by atoms with Gasteiger partial charge in [-0.25, -0.2) is 4.79 Å². The highest BCUT2D eigenvalue weighted by atomic mass is 16.2. The highest BCUT2D eigenvalue weighted by Crippen LogP contribution is 2.27. The lowest BCUT2D eigenvalue weighted by Crippen LogP contribution is -2.45. The number of carbonyl (C=O) groups excluding carboxylic acids is 1. The molecule has 1 N–H and O–H groups in total. The molecule has 1 aliphatic heterocycles. The lowest BCUT2D eigenvalue weighted by molar-refractivity contribution is 0.169. The molecule has 3 heteroatoms. The van der Waals surface area contributed by atoms with Crippen LogP contribution in [0.2, 0.25) is 0 Å². The smallest absolute Gasteiger partial charge is 0.317 e. The Morgan fingerprint density at radius 1 is 1.43 bits per heavy atom. The number of urea groups is 1. The molecule has 1 aliphatic carbocycles. The van der Waals surface area contributed by atoms with Crippen LogP contribution in [-0.4, -0.2) is 30.6 Å². The summed E-state index contributed by atoms with van der Waals surface area (Å²) < 4.78 is 0. The van der Waals surface area contributed by atoms with Crippen LogP contribution in [0.15, 0.2) is 0 Å². The van der Waals surface area contributed by atoms with E-state index in [1.807, 2.05) is 4.90 Å². The number of likely N-dealkylation sites (tertiary alicyclic amines) is 1. The summed E-state index contributed by atoms with van der Waals surface area (Å²) >= 11 is 0. The van der Waals surface area contributed by atoms with Gasteiger partial charge in [0.25, 0.3) is 0 Å². The zero-order valence-corrected chi connectivity index (χ0v) is 8.96. The van der Waals surface area contributed by atoms with Gasteiger partial charge in [-0.1, -0.05) is 6.92 Å². The molecule has 1 heterocycles. The first kappa shape index (κ1) is 9.81. The summed E-state index contributed by atoms with van der Waals surface area (Å²) in [6, 6.07) is 0.156. The van der Waals surface area contributed by atoms with Crippen LogP contribution in [0.1, 0.15) is 32.6 Å². The lowest BCUT2D eigenvalue weighted by atomic mass is 10.0. The molecular formula is C11H20N2O. The van der Waals surface area contributed by atoms with Crippen molar-refractivity contribution in [2.45, 2.75) is 32.6 Å². The van der Waals surface area contributed by atoms with Crippen molar-refractivity contribution in [3.05, 3.63) is 0 Å². The summed E-state index contributed by atoms with van der Waals surface area (Å²) in [6.07, 6.45) is 5.04. The molecule has 0 radical (unpaired) electrons. The number of nitrogens with one attached hydrogen (secondary N) is 1. The Morgan fingerprint density at radius 2 is 2.21 bits per heavy atom. The van der Waals surface area contributed by atoms with Crippen LogP contribution in [0.4, 0.5) is 4.79 Å². The second kappa shape index (κ2) is 4.20. The van der Waals surface area contributed by atoms with Crippen LogP contribution in [-0.2, 0) is 0 Å². The summed E-state index contributed by atoms with van der Waals surface area (Å²) in [5.74, 6) is 1.46. The highest BCUT2D eigenvalue weighted by Gasteiger charge is 2.24. The van der Waals surface area contributed by atoms with Crippen LogP contribution in [0.3, 0.4) is 0 Å². The maximum Gasteiger partial charge on any atom is 0.317 e. The van der Waals surface area contributed by atoms with Gasteiger partial charge in [0, 0.05) is 19.6 Å². The van der Waals surface area contributed by atoms with Crippen molar-refractivity contribution in [1.82, 2.24) is 10.2 Å². The fourth-order valence-corrected chi connectivity index (χ4v) is 2.04. The number of hydrogen-bond donors (Lipinski definition) is 1. The Hall–Kier alpha value is -0.730. The Kier molecular flexibility index (Phi) is 2.94. The first-order valence-corrected chi connectivity index (χ1v) is 5.78. The number of nitrogens with zero attached hydrogens (tertiary/aromatic N) is 1. The summed E-state index contributed by atoms with van der Waals surface area (Å²) in [6.45, 7) is 5.00. The molecule has 0 aromatic heterocycles.